The van der Waals surface area contributed by atoms with Gasteiger partial charge >= 0.3 is 0 Å². The minimum absolute atomic E-state index is 0.00787. The number of aliphatic hydroxyl groups is 1. The van der Waals surface area contributed by atoms with E-state index in [2.05, 4.69) is 10.6 Å². The maximum Gasteiger partial charge on any atom is 0.229 e. The van der Waals surface area contributed by atoms with E-state index in [4.69, 9.17) is 0 Å². The minimum Gasteiger partial charge on any atom is -0.386 e. The van der Waals surface area contributed by atoms with Gasteiger partial charge in [0.2, 0.25) is 5.91 Å². The van der Waals surface area contributed by atoms with Crippen molar-refractivity contribution in [2.75, 3.05) is 19.6 Å². The van der Waals surface area contributed by atoms with Crippen molar-refractivity contribution >= 4 is 5.91 Å². The van der Waals surface area contributed by atoms with Crippen LogP contribution < -0.4 is 10.6 Å². The molecule has 4 heteroatoms. The van der Waals surface area contributed by atoms with E-state index >= 15 is 0 Å². The highest BCUT2D eigenvalue weighted by Gasteiger charge is 2.57. The number of rotatable bonds is 0. The van der Waals surface area contributed by atoms with E-state index in [9.17, 15) is 9.90 Å². The van der Waals surface area contributed by atoms with Crippen molar-refractivity contribution in [3.63, 3.8) is 0 Å². The molecule has 0 aromatic rings. The average Bonchev–Trinajstić information content (AvgIpc) is 2.28. The van der Waals surface area contributed by atoms with Crippen LogP contribution in [-0.2, 0) is 4.79 Å². The summed E-state index contributed by atoms with van der Waals surface area (Å²) in [6, 6.07) is 0. The molecule has 12 heavy (non-hydrogen) atoms. The van der Waals surface area contributed by atoms with E-state index in [1.807, 2.05) is 6.92 Å². The first kappa shape index (κ1) is 8.01. The third kappa shape index (κ3) is 0.765. The highest BCUT2D eigenvalue weighted by atomic mass is 16.3. The maximum absolute atomic E-state index is 11.4. The molecule has 2 rings (SSSR count). The summed E-state index contributed by atoms with van der Waals surface area (Å²) in [5, 5.41) is 15.9. The van der Waals surface area contributed by atoms with E-state index in [1.165, 1.54) is 0 Å². The Kier molecular flexibility index (Phi) is 1.47. The van der Waals surface area contributed by atoms with Gasteiger partial charge in [-0.2, -0.15) is 0 Å². The first-order valence-electron chi connectivity index (χ1n) is 4.30. The average molecular weight is 170 g/mol. The second-order valence-electron chi connectivity index (χ2n) is 3.97. The van der Waals surface area contributed by atoms with Gasteiger partial charge in [0.25, 0.3) is 0 Å². The van der Waals surface area contributed by atoms with Crippen LogP contribution in [0.4, 0.5) is 0 Å². The molecule has 68 valence electrons. The van der Waals surface area contributed by atoms with Crippen molar-refractivity contribution in [2.45, 2.75) is 18.9 Å². The summed E-state index contributed by atoms with van der Waals surface area (Å²) < 4.78 is 0. The van der Waals surface area contributed by atoms with E-state index in [0.717, 1.165) is 13.0 Å². The smallest absolute Gasteiger partial charge is 0.229 e. The molecule has 2 heterocycles. The van der Waals surface area contributed by atoms with Gasteiger partial charge in [0.05, 0.1) is 5.41 Å². The Morgan fingerprint density at radius 1 is 1.50 bits per heavy atom. The number of amides is 1. The van der Waals surface area contributed by atoms with Crippen LogP contribution in [0.3, 0.4) is 0 Å². The van der Waals surface area contributed by atoms with Gasteiger partial charge in [0.1, 0.15) is 5.60 Å². The fourth-order valence-electron chi connectivity index (χ4n) is 2.07. The van der Waals surface area contributed by atoms with Gasteiger partial charge in [-0.25, -0.2) is 0 Å². The highest BCUT2D eigenvalue weighted by molar-refractivity contribution is 5.86. The third-order valence-electron chi connectivity index (χ3n) is 3.29. The minimum atomic E-state index is -0.873. The lowest BCUT2D eigenvalue weighted by atomic mass is 9.71. The summed E-state index contributed by atoms with van der Waals surface area (Å²) >= 11 is 0. The molecule has 0 aromatic carbocycles. The molecule has 0 spiro atoms. The highest BCUT2D eigenvalue weighted by Crippen LogP contribution is 2.40. The first-order chi connectivity index (χ1) is 5.58. The van der Waals surface area contributed by atoms with Crippen molar-refractivity contribution < 1.29 is 9.90 Å². The van der Waals surface area contributed by atoms with Gasteiger partial charge in [-0.3, -0.25) is 4.79 Å². The summed E-state index contributed by atoms with van der Waals surface area (Å²) in [6.07, 6.45) is 0.718. The Morgan fingerprint density at radius 2 is 2.25 bits per heavy atom. The first-order valence-corrected chi connectivity index (χ1v) is 4.30. The topological polar surface area (TPSA) is 61.4 Å². The zero-order valence-electron chi connectivity index (χ0n) is 7.18. The summed E-state index contributed by atoms with van der Waals surface area (Å²) in [5.41, 5.74) is -1.44. The van der Waals surface area contributed by atoms with Crippen LogP contribution in [-0.4, -0.2) is 36.2 Å². The molecule has 0 unspecified atom stereocenters. The largest absolute Gasteiger partial charge is 0.386 e. The molecule has 4 nitrogen and oxygen atoms in total. The zero-order chi connectivity index (χ0) is 8.82. The summed E-state index contributed by atoms with van der Waals surface area (Å²) in [7, 11) is 0. The van der Waals surface area contributed by atoms with Gasteiger partial charge in [-0.1, -0.05) is 0 Å². The lowest BCUT2D eigenvalue weighted by molar-refractivity contribution is -0.138. The molecule has 2 atom stereocenters. The molecule has 0 saturated carbocycles. The summed E-state index contributed by atoms with van der Waals surface area (Å²) in [6.45, 7) is 3.56. The number of carbonyl (C=O) groups is 1. The fraction of sp³-hybridized carbons (Fsp3) is 0.875. The van der Waals surface area contributed by atoms with Crippen LogP contribution >= 0.6 is 0 Å². The Morgan fingerprint density at radius 3 is 2.92 bits per heavy atom. The summed E-state index contributed by atoms with van der Waals surface area (Å²) in [4.78, 5) is 11.4. The molecule has 2 fully saturated rings. The second kappa shape index (κ2) is 2.20. The molecule has 1 amide bonds. The lowest BCUT2D eigenvalue weighted by Gasteiger charge is -2.40. The SMILES string of the molecule is C[C@@]12CCNC[C@]1(O)CNC2=O. The van der Waals surface area contributed by atoms with Gasteiger partial charge in [0.15, 0.2) is 0 Å². The molecule has 3 N–H and O–H groups in total. The number of carbonyl (C=O) groups excluding carboxylic acids is 1. The number of hydrogen-bond donors (Lipinski definition) is 3. The standard InChI is InChI=1S/C8H14N2O2/c1-7-2-3-9-4-8(7,12)5-10-6(7)11/h9,12H,2-5H2,1H3,(H,10,11)/t7-,8-/m0/s1. The molecule has 2 aliphatic rings. The predicted molar refractivity (Wildman–Crippen MR) is 43.6 cm³/mol. The number of fused-ring (bicyclic) bond motifs is 1. The van der Waals surface area contributed by atoms with Crippen LogP contribution in [0.1, 0.15) is 13.3 Å². The van der Waals surface area contributed by atoms with Crippen LogP contribution in [0.25, 0.3) is 0 Å². The lowest BCUT2D eigenvalue weighted by Crippen LogP contribution is -2.58. The van der Waals surface area contributed by atoms with E-state index in [0.29, 0.717) is 13.1 Å². The molecular weight excluding hydrogens is 156 g/mol. The predicted octanol–water partition coefficient (Wildman–Crippen LogP) is -1.15. The van der Waals surface area contributed by atoms with Gasteiger partial charge < -0.3 is 15.7 Å². The van der Waals surface area contributed by atoms with Crippen LogP contribution in [0.15, 0.2) is 0 Å². The molecule has 2 saturated heterocycles. The van der Waals surface area contributed by atoms with Crippen LogP contribution in [0, 0.1) is 5.41 Å². The Labute approximate surface area is 71.3 Å². The number of nitrogens with one attached hydrogen (secondary N) is 2. The normalized spacial score (nSPS) is 47.0. The zero-order valence-corrected chi connectivity index (χ0v) is 7.18. The Balaban J connectivity index is 2.35. The summed E-state index contributed by atoms with van der Waals surface area (Å²) in [5.74, 6) is -0.00787. The van der Waals surface area contributed by atoms with E-state index in [1.54, 1.807) is 0 Å². The van der Waals surface area contributed by atoms with Crippen molar-refractivity contribution in [3.05, 3.63) is 0 Å². The molecule has 0 radical (unpaired) electrons. The Hall–Kier alpha value is -0.610. The van der Waals surface area contributed by atoms with Gasteiger partial charge in [-0.05, 0) is 19.9 Å². The van der Waals surface area contributed by atoms with Crippen molar-refractivity contribution in [3.8, 4) is 0 Å². The monoisotopic (exact) mass is 170 g/mol. The molecule has 2 aliphatic heterocycles. The third-order valence-corrected chi connectivity index (χ3v) is 3.29. The van der Waals surface area contributed by atoms with Crippen LogP contribution in [0.5, 0.6) is 0 Å². The molecule has 0 aliphatic carbocycles. The van der Waals surface area contributed by atoms with Crippen LogP contribution in [0.2, 0.25) is 0 Å². The van der Waals surface area contributed by atoms with Gasteiger partial charge in [-0.15, -0.1) is 0 Å². The van der Waals surface area contributed by atoms with Crippen molar-refractivity contribution in [1.82, 2.24) is 10.6 Å². The number of hydrogen-bond acceptors (Lipinski definition) is 3. The van der Waals surface area contributed by atoms with E-state index in [-0.39, 0.29) is 5.91 Å². The molecule has 0 aromatic heterocycles. The Bertz CT molecular complexity index is 231. The molecule has 0 bridgehead atoms. The van der Waals surface area contributed by atoms with Crippen molar-refractivity contribution in [2.24, 2.45) is 5.41 Å². The quantitative estimate of drug-likeness (QED) is 0.430. The number of β-amino-alcohol motifs (C(OH)–C–C–N with tert-alkyl or cyclic N) is 1. The maximum atomic E-state index is 11.4. The molecular formula is C8H14N2O2. The van der Waals surface area contributed by atoms with Gasteiger partial charge in [0, 0.05) is 13.1 Å². The number of piperidine rings is 1. The van der Waals surface area contributed by atoms with E-state index < -0.39 is 11.0 Å². The fourth-order valence-corrected chi connectivity index (χ4v) is 2.07. The second-order valence-corrected chi connectivity index (χ2v) is 3.97. The van der Waals surface area contributed by atoms with Crippen molar-refractivity contribution in [1.29, 1.82) is 0 Å².